The monoisotopic (exact) mass is 254 g/mol. The third-order valence-corrected chi connectivity index (χ3v) is 3.02. The first-order chi connectivity index (χ1) is 7.77. The highest BCUT2D eigenvalue weighted by Gasteiger charge is 2.22. The number of hydrogen-bond donors (Lipinski definition) is 1. The maximum absolute atomic E-state index is 12.1. The summed E-state index contributed by atoms with van der Waals surface area (Å²) in [7, 11) is 0. The van der Waals surface area contributed by atoms with Crippen LogP contribution in [0, 0.1) is 0 Å². The molecule has 1 N–H and O–H groups in total. The van der Waals surface area contributed by atoms with E-state index in [1.54, 1.807) is 0 Å². The first-order valence-electron chi connectivity index (χ1n) is 5.81. The minimum Gasteiger partial charge on any atom is -0.337 e. The molecule has 0 bridgehead atoms. The summed E-state index contributed by atoms with van der Waals surface area (Å²) in [5.74, 6) is 0.236. The van der Waals surface area contributed by atoms with Gasteiger partial charge in [0.2, 0.25) is 5.91 Å². The lowest BCUT2D eigenvalue weighted by Gasteiger charge is -2.34. The highest BCUT2D eigenvalue weighted by molar-refractivity contribution is 5.85. The Balaban J connectivity index is 0.00000144. The Morgan fingerprint density at radius 3 is 2.76 bits per heavy atom. The average Bonchev–Trinajstić information content (AvgIpc) is 2.31. The van der Waals surface area contributed by atoms with Gasteiger partial charge in [-0.15, -0.1) is 12.4 Å². The van der Waals surface area contributed by atoms with Crippen LogP contribution in [0.2, 0.25) is 0 Å². The number of benzene rings is 1. The second-order valence-electron chi connectivity index (χ2n) is 4.30. The average molecular weight is 255 g/mol. The van der Waals surface area contributed by atoms with E-state index in [-0.39, 0.29) is 18.3 Å². The standard InChI is InChI=1S/C13H18N2O.ClH/c1-11-10-14-7-8-15(11)13(16)9-12-5-3-2-4-6-12;/h2-6,11,14H,7-10H2,1H3;1H. The molecular weight excluding hydrogens is 236 g/mol. The van der Waals surface area contributed by atoms with E-state index in [4.69, 9.17) is 0 Å². The zero-order chi connectivity index (χ0) is 11.4. The molecule has 2 rings (SSSR count). The van der Waals surface area contributed by atoms with Gasteiger partial charge in [-0.3, -0.25) is 4.79 Å². The Hall–Kier alpha value is -1.06. The molecule has 0 spiro atoms. The summed E-state index contributed by atoms with van der Waals surface area (Å²) in [5, 5.41) is 3.29. The van der Waals surface area contributed by atoms with Gasteiger partial charge in [-0.1, -0.05) is 30.3 Å². The van der Waals surface area contributed by atoms with Crippen molar-refractivity contribution in [2.24, 2.45) is 0 Å². The van der Waals surface area contributed by atoms with Crippen LogP contribution >= 0.6 is 12.4 Å². The number of halogens is 1. The van der Waals surface area contributed by atoms with Gasteiger partial charge in [0.05, 0.1) is 6.42 Å². The molecule has 1 aliphatic heterocycles. The van der Waals surface area contributed by atoms with Crippen LogP contribution in [0.3, 0.4) is 0 Å². The van der Waals surface area contributed by atoms with Crippen LogP contribution in [0.4, 0.5) is 0 Å². The van der Waals surface area contributed by atoms with Crippen molar-refractivity contribution in [3.8, 4) is 0 Å². The van der Waals surface area contributed by atoms with Crippen LogP contribution in [0.5, 0.6) is 0 Å². The van der Waals surface area contributed by atoms with Gasteiger partial charge in [-0.05, 0) is 12.5 Å². The van der Waals surface area contributed by atoms with E-state index >= 15 is 0 Å². The molecule has 0 radical (unpaired) electrons. The molecule has 17 heavy (non-hydrogen) atoms. The fourth-order valence-corrected chi connectivity index (χ4v) is 2.08. The molecule has 1 heterocycles. The lowest BCUT2D eigenvalue weighted by atomic mass is 10.1. The molecule has 0 aliphatic carbocycles. The van der Waals surface area contributed by atoms with Crippen LogP contribution in [0.25, 0.3) is 0 Å². The Bertz CT molecular complexity index is 356. The Kier molecular flexibility index (Phi) is 5.45. The highest BCUT2D eigenvalue weighted by atomic mass is 35.5. The van der Waals surface area contributed by atoms with E-state index in [0.29, 0.717) is 12.5 Å². The first kappa shape index (κ1) is 14.0. The van der Waals surface area contributed by atoms with Gasteiger partial charge < -0.3 is 10.2 Å². The second kappa shape index (κ2) is 6.62. The van der Waals surface area contributed by atoms with Crippen LogP contribution in [-0.4, -0.2) is 36.5 Å². The second-order valence-corrected chi connectivity index (χ2v) is 4.30. The zero-order valence-electron chi connectivity index (χ0n) is 10.1. The topological polar surface area (TPSA) is 32.3 Å². The molecule has 1 aromatic carbocycles. The van der Waals surface area contributed by atoms with Gasteiger partial charge in [0.1, 0.15) is 0 Å². The number of carbonyl (C=O) groups excluding carboxylic acids is 1. The number of amides is 1. The third-order valence-electron chi connectivity index (χ3n) is 3.02. The molecule has 1 aromatic rings. The molecule has 3 nitrogen and oxygen atoms in total. The molecule has 94 valence electrons. The van der Waals surface area contributed by atoms with Gasteiger partial charge in [0.25, 0.3) is 0 Å². The summed E-state index contributed by atoms with van der Waals surface area (Å²) in [6.45, 7) is 4.73. The fourth-order valence-electron chi connectivity index (χ4n) is 2.08. The van der Waals surface area contributed by atoms with Crippen molar-refractivity contribution in [1.82, 2.24) is 10.2 Å². The van der Waals surface area contributed by atoms with Crippen molar-refractivity contribution in [2.45, 2.75) is 19.4 Å². The van der Waals surface area contributed by atoms with E-state index in [1.807, 2.05) is 35.2 Å². The maximum atomic E-state index is 12.1. The van der Waals surface area contributed by atoms with Crippen molar-refractivity contribution in [2.75, 3.05) is 19.6 Å². The molecule has 1 amide bonds. The molecule has 1 unspecified atom stereocenters. The molecule has 1 aliphatic rings. The van der Waals surface area contributed by atoms with Crippen molar-refractivity contribution in [3.05, 3.63) is 35.9 Å². The van der Waals surface area contributed by atoms with Crippen molar-refractivity contribution >= 4 is 18.3 Å². The summed E-state index contributed by atoms with van der Waals surface area (Å²) in [6.07, 6.45) is 0.519. The largest absolute Gasteiger partial charge is 0.337 e. The SMILES string of the molecule is CC1CNCCN1C(=O)Cc1ccccc1.Cl. The maximum Gasteiger partial charge on any atom is 0.227 e. The smallest absolute Gasteiger partial charge is 0.227 e. The van der Waals surface area contributed by atoms with E-state index in [9.17, 15) is 4.79 Å². The minimum absolute atomic E-state index is 0. The van der Waals surface area contributed by atoms with E-state index in [2.05, 4.69) is 12.2 Å². The quantitative estimate of drug-likeness (QED) is 0.867. The molecule has 1 fully saturated rings. The lowest BCUT2D eigenvalue weighted by Crippen LogP contribution is -2.52. The lowest BCUT2D eigenvalue weighted by molar-refractivity contribution is -0.133. The number of nitrogens with zero attached hydrogens (tertiary/aromatic N) is 1. The zero-order valence-corrected chi connectivity index (χ0v) is 10.9. The van der Waals surface area contributed by atoms with Crippen molar-refractivity contribution in [3.63, 3.8) is 0 Å². The number of nitrogens with one attached hydrogen (secondary N) is 1. The molecule has 0 saturated carbocycles. The first-order valence-corrected chi connectivity index (χ1v) is 5.81. The van der Waals surface area contributed by atoms with E-state index in [0.717, 1.165) is 25.2 Å². The molecule has 4 heteroatoms. The van der Waals surface area contributed by atoms with E-state index < -0.39 is 0 Å². The van der Waals surface area contributed by atoms with Crippen molar-refractivity contribution < 1.29 is 4.79 Å². The van der Waals surface area contributed by atoms with Crippen LogP contribution in [-0.2, 0) is 11.2 Å². The number of rotatable bonds is 2. The van der Waals surface area contributed by atoms with Crippen LogP contribution in [0.15, 0.2) is 30.3 Å². The molecule has 1 saturated heterocycles. The summed E-state index contributed by atoms with van der Waals surface area (Å²) in [5.41, 5.74) is 1.10. The fraction of sp³-hybridized carbons (Fsp3) is 0.462. The third kappa shape index (κ3) is 3.72. The predicted molar refractivity (Wildman–Crippen MR) is 71.4 cm³/mol. The van der Waals surface area contributed by atoms with Gasteiger partial charge in [-0.2, -0.15) is 0 Å². The highest BCUT2D eigenvalue weighted by Crippen LogP contribution is 2.07. The molecular formula is C13H19ClN2O. The van der Waals surface area contributed by atoms with Crippen LogP contribution < -0.4 is 5.32 Å². The Labute approximate surface area is 109 Å². The van der Waals surface area contributed by atoms with E-state index in [1.165, 1.54) is 0 Å². The minimum atomic E-state index is 0. The Morgan fingerprint density at radius 2 is 2.12 bits per heavy atom. The Morgan fingerprint density at radius 1 is 1.41 bits per heavy atom. The number of carbonyl (C=O) groups is 1. The van der Waals surface area contributed by atoms with Gasteiger partial charge in [0, 0.05) is 25.7 Å². The number of piperazine rings is 1. The molecule has 1 atom stereocenters. The summed E-state index contributed by atoms with van der Waals surface area (Å²) < 4.78 is 0. The van der Waals surface area contributed by atoms with Gasteiger partial charge in [-0.25, -0.2) is 0 Å². The van der Waals surface area contributed by atoms with Gasteiger partial charge >= 0.3 is 0 Å². The summed E-state index contributed by atoms with van der Waals surface area (Å²) in [4.78, 5) is 14.1. The normalized spacial score (nSPS) is 19.6. The summed E-state index contributed by atoms with van der Waals surface area (Å²) in [6, 6.07) is 10.2. The van der Waals surface area contributed by atoms with Gasteiger partial charge in [0.15, 0.2) is 0 Å². The summed E-state index contributed by atoms with van der Waals surface area (Å²) >= 11 is 0. The molecule has 0 aromatic heterocycles. The number of hydrogen-bond acceptors (Lipinski definition) is 2. The van der Waals surface area contributed by atoms with Crippen LogP contribution in [0.1, 0.15) is 12.5 Å². The predicted octanol–water partition coefficient (Wildman–Crippen LogP) is 1.47. The van der Waals surface area contributed by atoms with Crippen molar-refractivity contribution in [1.29, 1.82) is 0 Å².